The van der Waals surface area contributed by atoms with Crippen molar-refractivity contribution in [2.75, 3.05) is 0 Å². The molecule has 198 valence electrons. The summed E-state index contributed by atoms with van der Waals surface area (Å²) in [5.41, 5.74) is 1.41. The first kappa shape index (κ1) is 24.8. The molecular weight excluding hydrogens is 498 g/mol. The highest BCUT2D eigenvalue weighted by molar-refractivity contribution is 7.26. The number of hydrogen-bond acceptors (Lipinski definition) is 3. The van der Waals surface area contributed by atoms with Crippen molar-refractivity contribution in [2.45, 2.75) is 84.1 Å². The lowest BCUT2D eigenvalue weighted by Gasteiger charge is -2.34. The molecule has 0 radical (unpaired) electrons. The number of carbonyl (C=O) groups is 2. The Kier molecular flexibility index (Phi) is 6.19. The molecule has 0 saturated carbocycles. The van der Waals surface area contributed by atoms with Crippen LogP contribution in [-0.4, -0.2) is 22.8 Å². The molecule has 0 atom stereocenters. The summed E-state index contributed by atoms with van der Waals surface area (Å²) in [6, 6.07) is 17.1. The molecule has 1 aliphatic heterocycles. The van der Waals surface area contributed by atoms with Crippen LogP contribution in [0, 0.1) is 0 Å². The number of thiophene rings is 1. The number of benzene rings is 5. The molecule has 2 amide bonds. The van der Waals surface area contributed by atoms with Crippen molar-refractivity contribution in [2.24, 2.45) is 0 Å². The number of rotatable bonds is 11. The number of unbranched alkanes of at least 4 members (excludes halogenated alkanes) is 6. The van der Waals surface area contributed by atoms with E-state index in [2.05, 4.69) is 56.3 Å². The van der Waals surface area contributed by atoms with Gasteiger partial charge in [-0.05, 0) is 52.6 Å². The zero-order chi connectivity index (χ0) is 26.7. The SMILES string of the molecule is CCCCCCC(CCCCCC)N1C(=O)c2ccc3c4cccc5ccc6sc7cc(c2c3c7c6c54)C1=O. The van der Waals surface area contributed by atoms with Crippen LogP contribution >= 0.6 is 11.3 Å². The highest BCUT2D eigenvalue weighted by Gasteiger charge is 2.38. The minimum atomic E-state index is -0.0991. The zero-order valence-electron chi connectivity index (χ0n) is 22.9. The Morgan fingerprint density at radius 1 is 0.641 bits per heavy atom. The molecule has 1 aliphatic rings. The summed E-state index contributed by atoms with van der Waals surface area (Å²) < 4.78 is 2.40. The van der Waals surface area contributed by atoms with E-state index in [1.807, 2.05) is 6.07 Å². The van der Waals surface area contributed by atoms with Gasteiger partial charge in [0, 0.05) is 42.6 Å². The Balaban J connectivity index is 1.40. The number of hydrogen-bond donors (Lipinski definition) is 0. The number of amides is 2. The molecule has 2 heterocycles. The van der Waals surface area contributed by atoms with Crippen LogP contribution in [0.1, 0.15) is 98.8 Å². The van der Waals surface area contributed by atoms with Crippen LogP contribution in [-0.2, 0) is 0 Å². The van der Waals surface area contributed by atoms with Crippen LogP contribution < -0.4 is 0 Å². The number of nitrogens with zero attached hydrogens (tertiary/aromatic N) is 1. The second-order valence-corrected chi connectivity index (χ2v) is 12.6. The van der Waals surface area contributed by atoms with Gasteiger partial charge in [-0.1, -0.05) is 95.5 Å². The van der Waals surface area contributed by atoms with Crippen LogP contribution in [0.15, 0.2) is 48.5 Å². The molecule has 0 saturated heterocycles. The Bertz CT molecular complexity index is 1830. The van der Waals surface area contributed by atoms with E-state index >= 15 is 0 Å². The molecule has 4 heteroatoms. The average molecular weight is 534 g/mol. The Morgan fingerprint density at radius 3 is 2.08 bits per heavy atom. The topological polar surface area (TPSA) is 37.4 Å². The minimum absolute atomic E-state index is 0.0343. The molecule has 1 aromatic heterocycles. The summed E-state index contributed by atoms with van der Waals surface area (Å²) in [5, 5.41) is 9.37. The van der Waals surface area contributed by atoms with Crippen molar-refractivity contribution in [3.63, 3.8) is 0 Å². The molecular formula is C35H35NO2S. The van der Waals surface area contributed by atoms with Crippen molar-refractivity contribution < 1.29 is 9.59 Å². The summed E-state index contributed by atoms with van der Waals surface area (Å²) in [6.45, 7) is 4.44. The molecule has 3 nitrogen and oxygen atoms in total. The smallest absolute Gasteiger partial charge is 0.261 e. The van der Waals surface area contributed by atoms with Gasteiger partial charge in [-0.3, -0.25) is 14.5 Å². The van der Waals surface area contributed by atoms with Crippen molar-refractivity contribution in [3.05, 3.63) is 59.7 Å². The maximum absolute atomic E-state index is 14.3. The van der Waals surface area contributed by atoms with Crippen LogP contribution in [0.5, 0.6) is 0 Å². The van der Waals surface area contributed by atoms with Crippen molar-refractivity contribution in [1.29, 1.82) is 0 Å². The first-order chi connectivity index (χ1) is 19.1. The van der Waals surface area contributed by atoms with Gasteiger partial charge in [-0.25, -0.2) is 0 Å². The standard InChI is InChI=1S/C35H35NO2S/c1-3-5-7-9-13-22(14-10-8-6-4-2)36-34(37)25-18-17-24-23-15-11-12-21-16-19-27-32(29(21)23)33-28(39-27)20-26(35(36)38)30(25)31(24)33/h11-12,15-20,22H,3-10,13-14H2,1-2H3. The second kappa shape index (κ2) is 9.75. The van der Waals surface area contributed by atoms with Crippen LogP contribution in [0.25, 0.3) is 52.5 Å². The van der Waals surface area contributed by atoms with Gasteiger partial charge >= 0.3 is 0 Å². The summed E-state index contributed by atoms with van der Waals surface area (Å²) in [5.74, 6) is -0.193. The molecule has 0 bridgehead atoms. The van der Waals surface area contributed by atoms with Gasteiger partial charge in [0.25, 0.3) is 11.8 Å². The van der Waals surface area contributed by atoms with Crippen molar-refractivity contribution in [1.82, 2.24) is 4.90 Å². The molecule has 0 N–H and O–H groups in total. The van der Waals surface area contributed by atoms with E-state index in [0.29, 0.717) is 11.1 Å². The predicted molar refractivity (Wildman–Crippen MR) is 166 cm³/mol. The van der Waals surface area contributed by atoms with E-state index in [9.17, 15) is 9.59 Å². The minimum Gasteiger partial charge on any atom is -0.271 e. The molecule has 6 aromatic rings. The fourth-order valence-electron chi connectivity index (χ4n) is 7.18. The van der Waals surface area contributed by atoms with Crippen LogP contribution in [0.2, 0.25) is 0 Å². The fourth-order valence-corrected chi connectivity index (χ4v) is 8.34. The van der Waals surface area contributed by atoms with Gasteiger partial charge < -0.3 is 0 Å². The van der Waals surface area contributed by atoms with E-state index in [4.69, 9.17) is 0 Å². The molecule has 0 spiro atoms. The third kappa shape index (κ3) is 3.67. The van der Waals surface area contributed by atoms with Gasteiger partial charge in [0.1, 0.15) is 0 Å². The Morgan fingerprint density at radius 2 is 1.33 bits per heavy atom. The van der Waals surface area contributed by atoms with Crippen LogP contribution in [0.4, 0.5) is 0 Å². The maximum atomic E-state index is 14.3. The summed E-state index contributed by atoms with van der Waals surface area (Å²) in [4.78, 5) is 30.2. The number of imide groups is 1. The molecule has 7 rings (SSSR count). The van der Waals surface area contributed by atoms with E-state index in [1.54, 1.807) is 16.2 Å². The first-order valence-corrected chi connectivity index (χ1v) is 15.7. The van der Waals surface area contributed by atoms with Gasteiger partial charge in [0.15, 0.2) is 0 Å². The molecule has 0 aliphatic carbocycles. The van der Waals surface area contributed by atoms with E-state index < -0.39 is 0 Å². The third-order valence-electron chi connectivity index (χ3n) is 9.06. The third-order valence-corrected chi connectivity index (χ3v) is 10.2. The van der Waals surface area contributed by atoms with E-state index in [0.717, 1.165) is 59.4 Å². The molecule has 0 unspecified atom stereocenters. The van der Waals surface area contributed by atoms with Gasteiger partial charge in [-0.15, -0.1) is 11.3 Å². The Labute approximate surface area is 233 Å². The Hall–Kier alpha value is -3.24. The summed E-state index contributed by atoms with van der Waals surface area (Å²) in [6.07, 6.45) is 11.0. The average Bonchev–Trinajstić information content (AvgIpc) is 3.34. The van der Waals surface area contributed by atoms with Crippen molar-refractivity contribution in [3.8, 4) is 0 Å². The first-order valence-electron chi connectivity index (χ1n) is 14.9. The van der Waals surface area contributed by atoms with Gasteiger partial charge in [0.2, 0.25) is 0 Å². The monoisotopic (exact) mass is 533 g/mol. The highest BCUT2D eigenvalue weighted by atomic mass is 32.1. The predicted octanol–water partition coefficient (Wildman–Crippen LogP) is 10.3. The lowest BCUT2D eigenvalue weighted by atomic mass is 9.84. The molecule has 39 heavy (non-hydrogen) atoms. The highest BCUT2D eigenvalue weighted by Crippen LogP contribution is 2.50. The lowest BCUT2D eigenvalue weighted by Crippen LogP contribution is -2.47. The van der Waals surface area contributed by atoms with Crippen molar-refractivity contribution >= 4 is 75.6 Å². The van der Waals surface area contributed by atoms with Crippen LogP contribution in [0.3, 0.4) is 0 Å². The van der Waals surface area contributed by atoms with E-state index in [1.165, 1.54) is 57.3 Å². The van der Waals surface area contributed by atoms with E-state index in [-0.39, 0.29) is 17.9 Å². The lowest BCUT2D eigenvalue weighted by molar-refractivity contribution is 0.0517. The fraction of sp³-hybridized carbons (Fsp3) is 0.371. The largest absolute Gasteiger partial charge is 0.271 e. The van der Waals surface area contributed by atoms with Gasteiger partial charge in [-0.2, -0.15) is 0 Å². The molecule has 0 fully saturated rings. The zero-order valence-corrected chi connectivity index (χ0v) is 23.8. The normalized spacial score (nSPS) is 14.2. The van der Waals surface area contributed by atoms with Gasteiger partial charge in [0.05, 0.1) is 5.56 Å². The quantitative estimate of drug-likeness (QED) is 0.0719. The maximum Gasteiger partial charge on any atom is 0.261 e. The summed E-state index contributed by atoms with van der Waals surface area (Å²) in [7, 11) is 0. The number of carbonyl (C=O) groups excluding carboxylic acids is 2. The molecule has 5 aromatic carbocycles. The number of fused-ring (bicyclic) bond motifs is 1. The summed E-state index contributed by atoms with van der Waals surface area (Å²) >= 11 is 1.77. The second-order valence-electron chi connectivity index (χ2n) is 11.5.